The van der Waals surface area contributed by atoms with E-state index in [0.717, 1.165) is 14.2 Å². The zero-order chi connectivity index (χ0) is 16.8. The highest BCUT2D eigenvalue weighted by Gasteiger charge is 2.50. The molecule has 9 heteroatoms. The van der Waals surface area contributed by atoms with Gasteiger partial charge in [0, 0.05) is 14.2 Å². The maximum atomic E-state index is 12.1. The normalized spacial score (nSPS) is 14.1. The minimum absolute atomic E-state index is 0.157. The Bertz CT molecular complexity index is 569. The zero-order valence-corrected chi connectivity index (χ0v) is 13.1. The van der Waals surface area contributed by atoms with Crippen LogP contribution in [0.1, 0.15) is 5.56 Å². The maximum Gasteiger partial charge on any atom is 0.338 e. The van der Waals surface area contributed by atoms with Gasteiger partial charge >= 0.3 is 19.5 Å². The van der Waals surface area contributed by atoms with Crippen LogP contribution in [0.2, 0.25) is 0 Å². The van der Waals surface area contributed by atoms with Crippen LogP contribution in [0.15, 0.2) is 30.3 Å². The number of rotatable bonds is 8. The van der Waals surface area contributed by atoms with Gasteiger partial charge in [-0.15, -0.1) is 0 Å². The van der Waals surface area contributed by atoms with E-state index in [1.54, 1.807) is 30.3 Å². The highest BCUT2D eigenvalue weighted by atomic mass is 31.2. The Hall–Kier alpha value is -1.73. The molecule has 0 aliphatic carbocycles. The molecule has 0 fully saturated rings. The number of aliphatic carboxylic acids is 1. The standard InChI is InChI=1S/C13H18NO7P/c1-19-22(18,20-2)9-13(14,11(15)16)12(17)21-8-10-6-4-3-5-7-10/h3-7H,8-9,14H2,1-2H3,(H,15,16)/t13-/m0/s1. The molecule has 0 saturated heterocycles. The van der Waals surface area contributed by atoms with Gasteiger partial charge in [0.2, 0.25) is 5.54 Å². The van der Waals surface area contributed by atoms with Crippen LogP contribution in [0.4, 0.5) is 0 Å². The SMILES string of the molecule is COP(=O)(C[C@](N)(C(=O)O)C(=O)OCc1ccccc1)OC. The monoisotopic (exact) mass is 331 g/mol. The van der Waals surface area contributed by atoms with Gasteiger partial charge in [0.05, 0.1) is 6.16 Å². The van der Waals surface area contributed by atoms with Gasteiger partial charge in [-0.3, -0.25) is 4.57 Å². The van der Waals surface area contributed by atoms with Gasteiger partial charge in [0.1, 0.15) is 6.61 Å². The van der Waals surface area contributed by atoms with Crippen molar-refractivity contribution in [1.29, 1.82) is 0 Å². The van der Waals surface area contributed by atoms with E-state index in [2.05, 4.69) is 9.05 Å². The Morgan fingerprint density at radius 3 is 2.23 bits per heavy atom. The van der Waals surface area contributed by atoms with Crippen molar-refractivity contribution in [2.45, 2.75) is 12.1 Å². The fraction of sp³-hybridized carbons (Fsp3) is 0.385. The molecule has 0 heterocycles. The molecule has 0 aliphatic rings. The van der Waals surface area contributed by atoms with Crippen molar-refractivity contribution in [1.82, 2.24) is 0 Å². The molecule has 22 heavy (non-hydrogen) atoms. The smallest absolute Gasteiger partial charge is 0.338 e. The number of hydrogen-bond donors (Lipinski definition) is 2. The number of benzene rings is 1. The Morgan fingerprint density at radius 2 is 1.77 bits per heavy atom. The molecule has 0 bridgehead atoms. The molecule has 0 aromatic heterocycles. The minimum Gasteiger partial charge on any atom is -0.479 e. The van der Waals surface area contributed by atoms with Gasteiger partial charge in [0.25, 0.3) is 0 Å². The van der Waals surface area contributed by atoms with E-state index in [0.29, 0.717) is 5.56 Å². The van der Waals surface area contributed by atoms with Crippen molar-refractivity contribution in [2.24, 2.45) is 5.73 Å². The van der Waals surface area contributed by atoms with Gasteiger partial charge in [-0.1, -0.05) is 30.3 Å². The van der Waals surface area contributed by atoms with E-state index < -0.39 is 31.2 Å². The molecule has 1 aromatic carbocycles. The summed E-state index contributed by atoms with van der Waals surface area (Å²) in [6, 6.07) is 8.65. The Kier molecular flexibility index (Phi) is 6.25. The first-order valence-corrected chi connectivity index (χ1v) is 7.94. The molecule has 0 amide bonds. The molecular formula is C13H18NO7P. The van der Waals surface area contributed by atoms with Crippen molar-refractivity contribution in [3.8, 4) is 0 Å². The largest absolute Gasteiger partial charge is 0.479 e. The molecule has 3 N–H and O–H groups in total. The summed E-state index contributed by atoms with van der Waals surface area (Å²) in [5.74, 6) is -2.90. The predicted octanol–water partition coefficient (Wildman–Crippen LogP) is 0.998. The van der Waals surface area contributed by atoms with E-state index in [1.165, 1.54) is 0 Å². The van der Waals surface area contributed by atoms with Crippen molar-refractivity contribution in [2.75, 3.05) is 20.4 Å². The summed E-state index contributed by atoms with van der Waals surface area (Å²) in [6.07, 6.45) is -0.837. The first kappa shape index (κ1) is 18.3. The lowest BCUT2D eigenvalue weighted by molar-refractivity contribution is -0.160. The maximum absolute atomic E-state index is 12.1. The molecular weight excluding hydrogens is 313 g/mol. The van der Waals surface area contributed by atoms with Crippen LogP contribution in [0.3, 0.4) is 0 Å². The number of carbonyl (C=O) groups is 2. The Labute approximate surface area is 127 Å². The summed E-state index contributed by atoms with van der Waals surface area (Å²) in [5, 5.41) is 9.20. The fourth-order valence-electron chi connectivity index (χ4n) is 1.58. The summed E-state index contributed by atoms with van der Waals surface area (Å²) in [7, 11) is -1.67. The van der Waals surface area contributed by atoms with E-state index in [1.807, 2.05) is 0 Å². The lowest BCUT2D eigenvalue weighted by atomic mass is 10.1. The number of nitrogens with two attached hydrogens (primary N) is 1. The van der Waals surface area contributed by atoms with E-state index in [-0.39, 0.29) is 6.61 Å². The number of ether oxygens (including phenoxy) is 1. The summed E-state index contributed by atoms with van der Waals surface area (Å²) >= 11 is 0. The van der Waals surface area contributed by atoms with Crippen LogP contribution in [0, 0.1) is 0 Å². The number of carbonyl (C=O) groups excluding carboxylic acids is 1. The number of esters is 1. The summed E-state index contributed by atoms with van der Waals surface area (Å²) < 4.78 is 26.2. The van der Waals surface area contributed by atoms with Crippen LogP contribution in [-0.4, -0.2) is 43.0 Å². The van der Waals surface area contributed by atoms with Gasteiger partial charge in [-0.2, -0.15) is 0 Å². The third-order valence-electron chi connectivity index (χ3n) is 2.96. The topological polar surface area (TPSA) is 125 Å². The van der Waals surface area contributed by atoms with E-state index >= 15 is 0 Å². The lowest BCUT2D eigenvalue weighted by Crippen LogP contribution is -2.58. The fourth-order valence-corrected chi connectivity index (χ4v) is 2.86. The highest BCUT2D eigenvalue weighted by molar-refractivity contribution is 7.54. The predicted molar refractivity (Wildman–Crippen MR) is 77.3 cm³/mol. The van der Waals surface area contributed by atoms with Crippen LogP contribution < -0.4 is 5.73 Å². The van der Waals surface area contributed by atoms with Gasteiger partial charge in [-0.05, 0) is 5.56 Å². The average molecular weight is 331 g/mol. The number of carboxylic acid groups (broad SMARTS) is 1. The number of carboxylic acids is 1. The molecule has 0 radical (unpaired) electrons. The molecule has 0 aliphatic heterocycles. The van der Waals surface area contributed by atoms with Crippen LogP contribution in [0.25, 0.3) is 0 Å². The van der Waals surface area contributed by atoms with Gasteiger partial charge in [0.15, 0.2) is 0 Å². The van der Waals surface area contributed by atoms with Gasteiger partial charge < -0.3 is 24.6 Å². The van der Waals surface area contributed by atoms with E-state index in [4.69, 9.17) is 10.5 Å². The quantitative estimate of drug-likeness (QED) is 0.410. The molecule has 1 aromatic rings. The van der Waals surface area contributed by atoms with Crippen LogP contribution in [0.5, 0.6) is 0 Å². The molecule has 0 spiro atoms. The first-order valence-electron chi connectivity index (χ1n) is 6.21. The van der Waals surface area contributed by atoms with Gasteiger partial charge in [-0.25, -0.2) is 9.59 Å². The van der Waals surface area contributed by atoms with E-state index in [9.17, 15) is 19.3 Å². The Morgan fingerprint density at radius 1 is 1.23 bits per heavy atom. The molecule has 1 atom stereocenters. The molecule has 8 nitrogen and oxygen atoms in total. The average Bonchev–Trinajstić information content (AvgIpc) is 2.53. The summed E-state index contributed by atoms with van der Waals surface area (Å²) in [5.41, 5.74) is 3.71. The van der Waals surface area contributed by atoms with Crippen molar-refractivity contribution in [3.05, 3.63) is 35.9 Å². The second-order valence-electron chi connectivity index (χ2n) is 4.47. The number of hydrogen-bond acceptors (Lipinski definition) is 7. The Balaban J connectivity index is 2.87. The highest BCUT2D eigenvalue weighted by Crippen LogP contribution is 2.48. The third-order valence-corrected chi connectivity index (χ3v) is 4.96. The minimum atomic E-state index is -3.81. The first-order chi connectivity index (χ1) is 10.3. The van der Waals surface area contributed by atoms with Crippen LogP contribution >= 0.6 is 7.60 Å². The molecule has 0 unspecified atom stereocenters. The molecule has 0 saturated carbocycles. The van der Waals surface area contributed by atoms with Crippen LogP contribution in [-0.2, 0) is 34.5 Å². The second-order valence-corrected chi connectivity index (χ2v) is 6.74. The summed E-state index contributed by atoms with van der Waals surface area (Å²) in [4.78, 5) is 23.4. The lowest BCUT2D eigenvalue weighted by Gasteiger charge is -2.25. The zero-order valence-electron chi connectivity index (χ0n) is 12.2. The van der Waals surface area contributed by atoms with Crippen molar-refractivity contribution >= 4 is 19.5 Å². The van der Waals surface area contributed by atoms with Crippen molar-refractivity contribution in [3.63, 3.8) is 0 Å². The van der Waals surface area contributed by atoms with Crippen molar-refractivity contribution < 1.29 is 33.0 Å². The second kappa shape index (κ2) is 7.51. The molecule has 122 valence electrons. The third kappa shape index (κ3) is 4.38. The molecule has 1 rings (SSSR count). The summed E-state index contributed by atoms with van der Waals surface area (Å²) in [6.45, 7) is -0.157.